The molecule has 5 nitrogen and oxygen atoms in total. The van der Waals surface area contributed by atoms with Crippen LogP contribution in [0.3, 0.4) is 0 Å². The van der Waals surface area contributed by atoms with Crippen molar-refractivity contribution in [1.82, 2.24) is 9.88 Å². The molecule has 1 aromatic heterocycles. The molecule has 1 aliphatic carbocycles. The lowest BCUT2D eigenvalue weighted by Crippen LogP contribution is -2.46. The van der Waals surface area contributed by atoms with E-state index in [1.165, 1.54) is 11.3 Å². The zero-order valence-corrected chi connectivity index (χ0v) is 13.6. The van der Waals surface area contributed by atoms with Crippen molar-refractivity contribution in [3.63, 3.8) is 0 Å². The first kappa shape index (κ1) is 15.5. The number of nitrogens with zero attached hydrogens (tertiary/aromatic N) is 2. The maximum atomic E-state index is 12.9. The van der Waals surface area contributed by atoms with Crippen LogP contribution in [-0.2, 0) is 11.2 Å². The van der Waals surface area contributed by atoms with Gasteiger partial charge in [0, 0.05) is 6.04 Å². The number of fused-ring (bicyclic) bond motifs is 1. The third-order valence-corrected chi connectivity index (χ3v) is 5.88. The Morgan fingerprint density at radius 1 is 1.41 bits per heavy atom. The van der Waals surface area contributed by atoms with Gasteiger partial charge in [0.2, 0.25) is 0 Å². The Balaban J connectivity index is 1.85. The van der Waals surface area contributed by atoms with E-state index in [-0.39, 0.29) is 11.9 Å². The summed E-state index contributed by atoms with van der Waals surface area (Å²) in [6.45, 7) is 2.08. The molecule has 22 heavy (non-hydrogen) atoms. The second-order valence-electron chi connectivity index (χ2n) is 6.28. The highest BCUT2D eigenvalue weighted by molar-refractivity contribution is 7.13. The summed E-state index contributed by atoms with van der Waals surface area (Å²) in [5, 5.41) is 10.5. The predicted molar refractivity (Wildman–Crippen MR) is 84.1 cm³/mol. The van der Waals surface area contributed by atoms with Gasteiger partial charge in [0.1, 0.15) is 10.9 Å². The topological polar surface area (TPSA) is 70.5 Å². The molecule has 0 radical (unpaired) electrons. The van der Waals surface area contributed by atoms with Crippen LogP contribution in [0.25, 0.3) is 0 Å². The molecule has 120 valence electrons. The summed E-state index contributed by atoms with van der Waals surface area (Å²) in [7, 11) is 0. The molecule has 2 aliphatic rings. The number of aliphatic carboxylic acids is 1. The molecule has 1 saturated heterocycles. The second kappa shape index (κ2) is 6.36. The molecule has 3 unspecified atom stereocenters. The molecule has 1 aromatic rings. The van der Waals surface area contributed by atoms with Crippen molar-refractivity contribution in [3.05, 3.63) is 16.1 Å². The summed E-state index contributed by atoms with van der Waals surface area (Å²) < 4.78 is 0. The van der Waals surface area contributed by atoms with Crippen molar-refractivity contribution in [2.45, 2.75) is 64.0 Å². The third-order valence-electron chi connectivity index (χ3n) is 4.84. The zero-order chi connectivity index (χ0) is 15.7. The number of hydrogen-bond acceptors (Lipinski definition) is 4. The number of carboxylic acids is 1. The molecule has 2 heterocycles. The Morgan fingerprint density at radius 3 is 2.91 bits per heavy atom. The minimum absolute atomic E-state index is 0.0964. The predicted octanol–water partition coefficient (Wildman–Crippen LogP) is 2.95. The molecule has 0 aromatic carbocycles. The van der Waals surface area contributed by atoms with Gasteiger partial charge in [-0.3, -0.25) is 4.79 Å². The lowest BCUT2D eigenvalue weighted by molar-refractivity contribution is -0.141. The van der Waals surface area contributed by atoms with E-state index in [9.17, 15) is 14.7 Å². The number of aryl methyl sites for hydroxylation is 1. The zero-order valence-electron chi connectivity index (χ0n) is 12.8. The van der Waals surface area contributed by atoms with Gasteiger partial charge in [0.05, 0.1) is 11.2 Å². The van der Waals surface area contributed by atoms with Gasteiger partial charge in [-0.05, 0) is 38.0 Å². The Kier molecular flexibility index (Phi) is 4.47. The van der Waals surface area contributed by atoms with Gasteiger partial charge < -0.3 is 10.0 Å². The minimum Gasteiger partial charge on any atom is -0.480 e. The number of aromatic nitrogens is 1. The summed E-state index contributed by atoms with van der Waals surface area (Å²) in [6, 6.07) is -0.573. The van der Waals surface area contributed by atoms with Gasteiger partial charge in [0.25, 0.3) is 5.91 Å². The first-order valence-electron chi connectivity index (χ1n) is 8.12. The second-order valence-corrected chi connectivity index (χ2v) is 7.40. The standard InChI is InChI=1S/C16H22N2O3S/c1-2-5-14-17-9-13(22-14)15(19)18-11-7-4-3-6-10(11)8-12(18)16(20)21/h9-12H,2-8H2,1H3,(H,20,21). The number of likely N-dealkylation sites (tertiary alicyclic amines) is 1. The number of carbonyl (C=O) groups is 2. The van der Waals surface area contributed by atoms with Crippen LogP contribution in [-0.4, -0.2) is 39.0 Å². The number of carbonyl (C=O) groups excluding carboxylic acids is 1. The van der Waals surface area contributed by atoms with Gasteiger partial charge in [-0.15, -0.1) is 11.3 Å². The van der Waals surface area contributed by atoms with Crippen molar-refractivity contribution < 1.29 is 14.7 Å². The summed E-state index contributed by atoms with van der Waals surface area (Å²) in [4.78, 5) is 31.0. The SMILES string of the molecule is CCCc1ncc(C(=O)N2C(C(=O)O)CC3CCCCC32)s1. The average molecular weight is 322 g/mol. The van der Waals surface area contributed by atoms with Crippen molar-refractivity contribution >= 4 is 23.2 Å². The lowest BCUT2D eigenvalue weighted by atomic mass is 9.85. The molecule has 1 saturated carbocycles. The fraction of sp³-hybridized carbons (Fsp3) is 0.688. The molecule has 3 rings (SSSR count). The number of thiazole rings is 1. The van der Waals surface area contributed by atoms with Gasteiger partial charge >= 0.3 is 5.97 Å². The van der Waals surface area contributed by atoms with Crippen LogP contribution in [0, 0.1) is 5.92 Å². The number of hydrogen-bond donors (Lipinski definition) is 1. The number of rotatable bonds is 4. The quantitative estimate of drug-likeness (QED) is 0.925. The molecule has 0 bridgehead atoms. The van der Waals surface area contributed by atoms with Gasteiger partial charge in [0.15, 0.2) is 0 Å². The Bertz CT molecular complexity index is 571. The van der Waals surface area contributed by atoms with E-state index in [0.29, 0.717) is 17.2 Å². The van der Waals surface area contributed by atoms with Gasteiger partial charge in [-0.1, -0.05) is 19.8 Å². The minimum atomic E-state index is -0.874. The number of carboxylic acid groups (broad SMARTS) is 1. The van der Waals surface area contributed by atoms with Gasteiger partial charge in [-0.2, -0.15) is 0 Å². The third kappa shape index (κ3) is 2.76. The first-order chi connectivity index (χ1) is 10.6. The molecule has 3 atom stereocenters. The summed E-state index contributed by atoms with van der Waals surface area (Å²) in [6.07, 6.45) is 8.29. The van der Waals surface area contributed by atoms with Gasteiger partial charge in [-0.25, -0.2) is 9.78 Å². The van der Waals surface area contributed by atoms with E-state index in [0.717, 1.165) is 43.5 Å². The average Bonchev–Trinajstić information content (AvgIpc) is 3.11. The van der Waals surface area contributed by atoms with Crippen molar-refractivity contribution in [2.24, 2.45) is 5.92 Å². The molecule has 0 spiro atoms. The molecule has 6 heteroatoms. The van der Waals surface area contributed by atoms with E-state index in [1.54, 1.807) is 11.1 Å². The van der Waals surface area contributed by atoms with Crippen LogP contribution in [0.4, 0.5) is 0 Å². The smallest absolute Gasteiger partial charge is 0.326 e. The normalized spacial score (nSPS) is 27.7. The summed E-state index contributed by atoms with van der Waals surface area (Å²) >= 11 is 1.41. The number of amides is 1. The van der Waals surface area contributed by atoms with Crippen LogP contribution < -0.4 is 0 Å². The molecule has 1 aliphatic heterocycles. The lowest BCUT2D eigenvalue weighted by Gasteiger charge is -2.32. The van der Waals surface area contributed by atoms with E-state index in [1.807, 2.05) is 0 Å². The Labute approximate surface area is 134 Å². The van der Waals surface area contributed by atoms with Crippen LogP contribution >= 0.6 is 11.3 Å². The fourth-order valence-corrected chi connectivity index (χ4v) is 4.80. The van der Waals surface area contributed by atoms with E-state index >= 15 is 0 Å². The van der Waals surface area contributed by atoms with Crippen LogP contribution in [0.2, 0.25) is 0 Å². The highest BCUT2D eigenvalue weighted by Gasteiger charge is 2.47. The maximum absolute atomic E-state index is 12.9. The van der Waals surface area contributed by atoms with E-state index < -0.39 is 12.0 Å². The Hall–Kier alpha value is -1.43. The van der Waals surface area contributed by atoms with E-state index in [2.05, 4.69) is 11.9 Å². The maximum Gasteiger partial charge on any atom is 0.326 e. The highest BCUT2D eigenvalue weighted by Crippen LogP contribution is 2.40. The molecular formula is C16H22N2O3S. The van der Waals surface area contributed by atoms with Crippen LogP contribution in [0.1, 0.15) is 60.1 Å². The highest BCUT2D eigenvalue weighted by atomic mass is 32.1. The van der Waals surface area contributed by atoms with Crippen LogP contribution in [0.5, 0.6) is 0 Å². The molecule has 1 amide bonds. The summed E-state index contributed by atoms with van der Waals surface area (Å²) in [5.41, 5.74) is 0. The van der Waals surface area contributed by atoms with Crippen molar-refractivity contribution in [3.8, 4) is 0 Å². The van der Waals surface area contributed by atoms with Crippen molar-refractivity contribution in [2.75, 3.05) is 0 Å². The molecular weight excluding hydrogens is 300 g/mol. The Morgan fingerprint density at radius 2 is 2.18 bits per heavy atom. The van der Waals surface area contributed by atoms with E-state index in [4.69, 9.17) is 0 Å². The largest absolute Gasteiger partial charge is 0.480 e. The van der Waals surface area contributed by atoms with Crippen LogP contribution in [0.15, 0.2) is 6.20 Å². The monoisotopic (exact) mass is 322 g/mol. The molecule has 2 fully saturated rings. The first-order valence-corrected chi connectivity index (χ1v) is 8.93. The molecule has 1 N–H and O–H groups in total. The summed E-state index contributed by atoms with van der Waals surface area (Å²) in [5.74, 6) is -0.662. The fourth-order valence-electron chi connectivity index (χ4n) is 3.84. The van der Waals surface area contributed by atoms with Crippen molar-refractivity contribution in [1.29, 1.82) is 0 Å².